The molecule has 1 unspecified atom stereocenters. The molecule has 1 heterocycles. The van der Waals surface area contributed by atoms with E-state index in [0.29, 0.717) is 45.5 Å². The van der Waals surface area contributed by atoms with Crippen molar-refractivity contribution >= 4 is 44.7 Å². The zero-order valence-electron chi connectivity index (χ0n) is 22.9. The molecule has 206 valence electrons. The second-order valence-electron chi connectivity index (χ2n) is 9.81. The Labute approximate surface area is 234 Å². The molecule has 39 heavy (non-hydrogen) atoms. The van der Waals surface area contributed by atoms with Crippen LogP contribution in [-0.2, 0) is 10.0 Å². The smallest absolute Gasteiger partial charge is 0.264 e. The summed E-state index contributed by atoms with van der Waals surface area (Å²) < 4.78 is 55.7. The molecule has 0 aliphatic carbocycles. The predicted octanol–water partition coefficient (Wildman–Crippen LogP) is 7.10. The van der Waals surface area contributed by atoms with E-state index in [0.717, 1.165) is 16.8 Å². The van der Waals surface area contributed by atoms with Crippen LogP contribution in [0, 0.1) is 19.7 Å². The molecule has 0 fully saturated rings. The Morgan fingerprint density at radius 2 is 1.90 bits per heavy atom. The summed E-state index contributed by atoms with van der Waals surface area (Å²) in [4.78, 5) is 4.59. The van der Waals surface area contributed by atoms with E-state index in [4.69, 9.17) is 21.1 Å². The van der Waals surface area contributed by atoms with E-state index < -0.39 is 21.9 Å². The van der Waals surface area contributed by atoms with E-state index in [1.165, 1.54) is 23.5 Å². The fraction of sp³-hybridized carbons (Fsp3) is 0.300. The number of nitrogens with zero attached hydrogens (tertiary/aromatic N) is 2. The lowest BCUT2D eigenvalue weighted by Crippen LogP contribution is -2.45. The van der Waals surface area contributed by atoms with Gasteiger partial charge in [-0.1, -0.05) is 29.8 Å². The van der Waals surface area contributed by atoms with E-state index in [2.05, 4.69) is 4.99 Å². The third-order valence-electron chi connectivity index (χ3n) is 6.52. The van der Waals surface area contributed by atoms with E-state index in [-0.39, 0.29) is 11.4 Å². The standard InChI is InChI=1S/C30H32ClFN2O4S/c1-18(2)33-16-23-17-34(39(35,36)24-11-10-19(3)28(15-24)37-6)27-14-22(13-21(5)30(27)38-23)12-20(4)29-25(31)8-7-9-26(29)32/h7-15,23H,16-17H2,1-6H3. The first kappa shape index (κ1) is 28.6. The summed E-state index contributed by atoms with van der Waals surface area (Å²) in [5.74, 6) is 0.524. The molecule has 0 aromatic heterocycles. The Morgan fingerprint density at radius 1 is 1.15 bits per heavy atom. The summed E-state index contributed by atoms with van der Waals surface area (Å²) in [6.45, 7) is 9.65. The van der Waals surface area contributed by atoms with Crippen molar-refractivity contribution in [1.29, 1.82) is 0 Å². The second kappa shape index (κ2) is 11.4. The van der Waals surface area contributed by atoms with Crippen molar-refractivity contribution in [3.63, 3.8) is 0 Å². The van der Waals surface area contributed by atoms with Crippen LogP contribution < -0.4 is 13.8 Å². The molecule has 0 spiro atoms. The molecule has 0 saturated carbocycles. The zero-order chi connectivity index (χ0) is 28.5. The molecular formula is C30H32ClFN2O4S. The fourth-order valence-corrected chi connectivity index (χ4v) is 6.40. The maximum absolute atomic E-state index is 14.6. The van der Waals surface area contributed by atoms with Crippen molar-refractivity contribution in [3.8, 4) is 11.5 Å². The quantitative estimate of drug-likeness (QED) is 0.224. The molecule has 0 bridgehead atoms. The number of rotatable bonds is 7. The first-order valence-corrected chi connectivity index (χ1v) is 14.3. The van der Waals surface area contributed by atoms with Gasteiger partial charge in [0.2, 0.25) is 0 Å². The highest BCUT2D eigenvalue weighted by atomic mass is 35.5. The topological polar surface area (TPSA) is 68.2 Å². The van der Waals surface area contributed by atoms with Gasteiger partial charge in [-0.2, -0.15) is 0 Å². The lowest BCUT2D eigenvalue weighted by molar-refractivity contribution is 0.207. The summed E-state index contributed by atoms with van der Waals surface area (Å²) in [6, 6.07) is 13.0. The lowest BCUT2D eigenvalue weighted by Gasteiger charge is -2.36. The van der Waals surface area contributed by atoms with Gasteiger partial charge in [-0.15, -0.1) is 0 Å². The van der Waals surface area contributed by atoms with Gasteiger partial charge in [0.15, 0.2) is 0 Å². The Morgan fingerprint density at radius 3 is 2.56 bits per heavy atom. The zero-order valence-corrected chi connectivity index (χ0v) is 24.5. The monoisotopic (exact) mass is 570 g/mol. The molecule has 3 aromatic carbocycles. The SMILES string of the molecule is COc1cc(S(=O)(=O)N2CC(CN=C(C)C)Oc3c(C)cc(C=C(C)c4c(F)cccc4Cl)cc32)ccc1C. The number of benzene rings is 3. The van der Waals surface area contributed by atoms with Gasteiger partial charge in [0.1, 0.15) is 23.4 Å². The van der Waals surface area contributed by atoms with Gasteiger partial charge in [0, 0.05) is 17.3 Å². The average Bonchev–Trinajstić information content (AvgIpc) is 2.87. The van der Waals surface area contributed by atoms with E-state index in [1.807, 2.05) is 33.8 Å². The fourth-order valence-electron chi connectivity index (χ4n) is 4.58. The molecule has 4 rings (SSSR count). The summed E-state index contributed by atoms with van der Waals surface area (Å²) in [7, 11) is -2.49. The van der Waals surface area contributed by atoms with Crippen LogP contribution in [0.15, 0.2) is 58.4 Å². The number of halogens is 2. The summed E-state index contributed by atoms with van der Waals surface area (Å²) in [5, 5.41) is 0.300. The van der Waals surface area contributed by atoms with Crippen LogP contribution in [0.2, 0.25) is 5.02 Å². The minimum absolute atomic E-state index is 0.0764. The predicted molar refractivity (Wildman–Crippen MR) is 156 cm³/mol. The number of fused-ring (bicyclic) bond motifs is 1. The normalized spacial score (nSPS) is 15.4. The minimum atomic E-state index is -4.00. The maximum Gasteiger partial charge on any atom is 0.264 e. The van der Waals surface area contributed by atoms with Crippen LogP contribution in [0.1, 0.15) is 43.0 Å². The molecular weight excluding hydrogens is 539 g/mol. The Bertz CT molecular complexity index is 1560. The number of sulfonamides is 1. The van der Waals surface area contributed by atoms with Gasteiger partial charge in [-0.25, -0.2) is 12.8 Å². The highest BCUT2D eigenvalue weighted by Crippen LogP contribution is 2.42. The van der Waals surface area contributed by atoms with Gasteiger partial charge in [0.05, 0.1) is 35.8 Å². The lowest BCUT2D eigenvalue weighted by atomic mass is 10.0. The van der Waals surface area contributed by atoms with Crippen molar-refractivity contribution in [3.05, 3.63) is 81.6 Å². The second-order valence-corrected chi connectivity index (χ2v) is 12.1. The Kier molecular flexibility index (Phi) is 8.37. The molecule has 3 aromatic rings. The van der Waals surface area contributed by atoms with E-state index in [1.54, 1.807) is 43.3 Å². The van der Waals surface area contributed by atoms with Gasteiger partial charge < -0.3 is 9.47 Å². The van der Waals surface area contributed by atoms with Gasteiger partial charge in [0.25, 0.3) is 10.0 Å². The van der Waals surface area contributed by atoms with Crippen molar-refractivity contribution in [1.82, 2.24) is 0 Å². The molecule has 0 N–H and O–H groups in total. The van der Waals surface area contributed by atoms with Crippen LogP contribution >= 0.6 is 11.6 Å². The number of anilines is 1. The minimum Gasteiger partial charge on any atom is -0.496 e. The Balaban J connectivity index is 1.86. The number of aryl methyl sites for hydroxylation is 2. The highest BCUT2D eigenvalue weighted by Gasteiger charge is 2.36. The highest BCUT2D eigenvalue weighted by molar-refractivity contribution is 7.92. The Hall–Kier alpha value is -3.36. The first-order chi connectivity index (χ1) is 18.4. The molecule has 9 heteroatoms. The van der Waals surface area contributed by atoms with E-state index in [9.17, 15) is 12.8 Å². The largest absolute Gasteiger partial charge is 0.496 e. The third-order valence-corrected chi connectivity index (χ3v) is 8.61. The molecule has 0 radical (unpaired) electrons. The molecule has 6 nitrogen and oxygen atoms in total. The van der Waals surface area contributed by atoms with Gasteiger partial charge in [-0.3, -0.25) is 9.30 Å². The molecule has 1 aliphatic heterocycles. The number of hydrogen-bond donors (Lipinski definition) is 0. The van der Waals surface area contributed by atoms with Crippen LogP contribution in [0.25, 0.3) is 11.6 Å². The number of ether oxygens (including phenoxy) is 2. The van der Waals surface area contributed by atoms with Crippen LogP contribution in [0.3, 0.4) is 0 Å². The van der Waals surface area contributed by atoms with Crippen molar-refractivity contribution in [2.75, 3.05) is 24.5 Å². The molecule has 1 aliphatic rings. The van der Waals surface area contributed by atoms with E-state index >= 15 is 0 Å². The van der Waals surface area contributed by atoms with Gasteiger partial charge >= 0.3 is 0 Å². The van der Waals surface area contributed by atoms with Crippen LogP contribution in [0.4, 0.5) is 10.1 Å². The number of aliphatic imine (C=N–C) groups is 1. The van der Waals surface area contributed by atoms with Crippen molar-refractivity contribution < 1.29 is 22.3 Å². The summed E-state index contributed by atoms with van der Waals surface area (Å²) >= 11 is 6.28. The average molecular weight is 571 g/mol. The number of hydrogen-bond acceptors (Lipinski definition) is 5. The summed E-state index contributed by atoms with van der Waals surface area (Å²) in [5.41, 5.74) is 4.45. The van der Waals surface area contributed by atoms with Crippen LogP contribution in [-0.4, -0.2) is 40.4 Å². The molecule has 1 atom stereocenters. The molecule has 0 saturated heterocycles. The number of methoxy groups -OCH3 is 1. The third kappa shape index (κ3) is 5.97. The maximum atomic E-state index is 14.6. The van der Waals surface area contributed by atoms with Crippen molar-refractivity contribution in [2.45, 2.75) is 45.6 Å². The molecule has 0 amide bonds. The first-order valence-electron chi connectivity index (χ1n) is 12.5. The number of allylic oxidation sites excluding steroid dienone is 1. The van der Waals surface area contributed by atoms with Crippen LogP contribution in [0.5, 0.6) is 11.5 Å². The van der Waals surface area contributed by atoms with Gasteiger partial charge in [-0.05, 0) is 87.2 Å². The summed E-state index contributed by atoms with van der Waals surface area (Å²) in [6.07, 6.45) is 1.31. The van der Waals surface area contributed by atoms with Crippen molar-refractivity contribution in [2.24, 2.45) is 4.99 Å².